The maximum absolute atomic E-state index is 12.1. The highest BCUT2D eigenvalue weighted by atomic mass is 32.1. The third-order valence-corrected chi connectivity index (χ3v) is 5.44. The van der Waals surface area contributed by atoms with Gasteiger partial charge >= 0.3 is 5.97 Å². The van der Waals surface area contributed by atoms with E-state index in [0.717, 1.165) is 43.3 Å². The highest BCUT2D eigenvalue weighted by Crippen LogP contribution is 2.17. The van der Waals surface area contributed by atoms with Crippen molar-refractivity contribution in [2.24, 2.45) is 0 Å². The number of nitrogens with one attached hydrogen (secondary N) is 1. The molecule has 0 bridgehead atoms. The molecule has 27 heavy (non-hydrogen) atoms. The van der Waals surface area contributed by atoms with Gasteiger partial charge in [-0.2, -0.15) is 0 Å². The molecule has 1 atom stereocenters. The number of rotatable bonds is 7. The summed E-state index contributed by atoms with van der Waals surface area (Å²) in [6.45, 7) is 5.81. The van der Waals surface area contributed by atoms with Crippen LogP contribution in [-0.2, 0) is 20.8 Å². The first kappa shape index (κ1) is 19.5. The number of thiophene rings is 1. The molecule has 7 heteroatoms. The van der Waals surface area contributed by atoms with Gasteiger partial charge in [-0.1, -0.05) is 18.2 Å². The molecule has 3 rings (SSSR count). The van der Waals surface area contributed by atoms with Crippen LogP contribution in [0.15, 0.2) is 41.8 Å². The van der Waals surface area contributed by atoms with Crippen molar-refractivity contribution in [2.45, 2.75) is 19.5 Å². The lowest BCUT2D eigenvalue weighted by atomic mass is 10.1. The number of benzene rings is 1. The summed E-state index contributed by atoms with van der Waals surface area (Å²) in [5.74, 6) is -0.806. The number of esters is 1. The van der Waals surface area contributed by atoms with Gasteiger partial charge in [0, 0.05) is 24.5 Å². The minimum absolute atomic E-state index is 0.101. The Hall–Kier alpha value is -2.22. The molecule has 1 aromatic carbocycles. The molecular weight excluding hydrogens is 364 g/mol. The van der Waals surface area contributed by atoms with E-state index < -0.39 is 5.97 Å². The molecule has 6 nitrogen and oxygen atoms in total. The molecule has 0 radical (unpaired) electrons. The van der Waals surface area contributed by atoms with Crippen LogP contribution in [-0.4, -0.2) is 49.7 Å². The fraction of sp³-hybridized carbons (Fsp3) is 0.400. The Labute approximate surface area is 163 Å². The van der Waals surface area contributed by atoms with Gasteiger partial charge in [-0.3, -0.25) is 9.69 Å². The average molecular weight is 388 g/mol. The maximum Gasteiger partial charge on any atom is 0.338 e. The molecular formula is C20H24N2O4S. The lowest BCUT2D eigenvalue weighted by Gasteiger charge is -2.26. The number of hydrogen-bond donors (Lipinski definition) is 1. The number of amides is 1. The number of carbonyl (C=O) groups excluding carboxylic acids is 2. The normalized spacial score (nSPS) is 15.9. The summed E-state index contributed by atoms with van der Waals surface area (Å²) in [6, 6.07) is 11.1. The second kappa shape index (κ2) is 9.64. The van der Waals surface area contributed by atoms with Gasteiger partial charge in [0.25, 0.3) is 5.91 Å². The van der Waals surface area contributed by atoms with Crippen molar-refractivity contribution < 1.29 is 19.1 Å². The SMILES string of the molecule is C[C@H](NC(=O)COC(=O)c1ccc(CN2CCOCC2)cc1)c1cccs1. The molecule has 0 aliphatic carbocycles. The fourth-order valence-electron chi connectivity index (χ4n) is 2.87. The number of nitrogens with zero attached hydrogens (tertiary/aromatic N) is 1. The quantitative estimate of drug-likeness (QED) is 0.739. The van der Waals surface area contributed by atoms with Crippen LogP contribution in [0.4, 0.5) is 0 Å². The molecule has 1 aliphatic rings. The largest absolute Gasteiger partial charge is 0.452 e. The van der Waals surface area contributed by atoms with Crippen LogP contribution in [0.25, 0.3) is 0 Å². The zero-order valence-corrected chi connectivity index (χ0v) is 16.2. The molecule has 1 amide bonds. The molecule has 144 valence electrons. The molecule has 0 unspecified atom stereocenters. The highest BCUT2D eigenvalue weighted by Gasteiger charge is 2.14. The number of carbonyl (C=O) groups is 2. The summed E-state index contributed by atoms with van der Waals surface area (Å²) >= 11 is 1.58. The van der Waals surface area contributed by atoms with E-state index in [-0.39, 0.29) is 18.6 Å². The minimum atomic E-state index is -0.494. The Kier molecular flexibility index (Phi) is 6.98. The van der Waals surface area contributed by atoms with Crippen LogP contribution >= 0.6 is 11.3 Å². The second-order valence-electron chi connectivity index (χ2n) is 6.47. The summed E-state index contributed by atoms with van der Waals surface area (Å²) in [7, 11) is 0. The van der Waals surface area contributed by atoms with E-state index in [0.29, 0.717) is 5.56 Å². The van der Waals surface area contributed by atoms with E-state index in [1.165, 1.54) is 0 Å². The molecule has 0 spiro atoms. The molecule has 2 aromatic rings. The molecule has 1 saturated heterocycles. The topological polar surface area (TPSA) is 67.9 Å². The monoisotopic (exact) mass is 388 g/mol. The maximum atomic E-state index is 12.1. The van der Waals surface area contributed by atoms with Crippen molar-refractivity contribution in [2.75, 3.05) is 32.9 Å². The van der Waals surface area contributed by atoms with Crippen LogP contribution in [0.1, 0.15) is 33.8 Å². The van der Waals surface area contributed by atoms with Crippen molar-refractivity contribution in [1.82, 2.24) is 10.2 Å². The summed E-state index contributed by atoms with van der Waals surface area (Å²) in [5.41, 5.74) is 1.58. The van der Waals surface area contributed by atoms with E-state index in [1.54, 1.807) is 23.5 Å². The molecule has 1 aliphatic heterocycles. The van der Waals surface area contributed by atoms with Gasteiger partial charge in [0.05, 0.1) is 24.8 Å². The number of ether oxygens (including phenoxy) is 2. The lowest BCUT2D eigenvalue weighted by molar-refractivity contribution is -0.124. The van der Waals surface area contributed by atoms with Crippen molar-refractivity contribution in [3.05, 3.63) is 57.8 Å². The molecule has 1 aromatic heterocycles. The first-order chi connectivity index (χ1) is 13.1. The van der Waals surface area contributed by atoms with Gasteiger partial charge < -0.3 is 14.8 Å². The van der Waals surface area contributed by atoms with E-state index >= 15 is 0 Å². The third kappa shape index (κ3) is 5.89. The first-order valence-corrected chi connectivity index (χ1v) is 9.89. The minimum Gasteiger partial charge on any atom is -0.452 e. The smallest absolute Gasteiger partial charge is 0.338 e. The summed E-state index contributed by atoms with van der Waals surface area (Å²) in [6.07, 6.45) is 0. The Bertz CT molecular complexity index is 740. The Morgan fingerprint density at radius 1 is 1.22 bits per heavy atom. The van der Waals surface area contributed by atoms with E-state index in [2.05, 4.69) is 10.2 Å². The summed E-state index contributed by atoms with van der Waals surface area (Å²) in [4.78, 5) is 27.5. The summed E-state index contributed by atoms with van der Waals surface area (Å²) < 4.78 is 10.5. The van der Waals surface area contributed by atoms with Gasteiger partial charge in [-0.25, -0.2) is 4.79 Å². The fourth-order valence-corrected chi connectivity index (χ4v) is 3.60. The Morgan fingerprint density at radius 3 is 2.63 bits per heavy atom. The van der Waals surface area contributed by atoms with Crippen LogP contribution in [0, 0.1) is 0 Å². The Balaban J connectivity index is 1.44. The average Bonchev–Trinajstić information content (AvgIpc) is 3.22. The van der Waals surface area contributed by atoms with Crippen molar-refractivity contribution in [3.8, 4) is 0 Å². The lowest BCUT2D eigenvalue weighted by Crippen LogP contribution is -2.35. The molecule has 2 heterocycles. The third-order valence-electron chi connectivity index (χ3n) is 4.38. The second-order valence-corrected chi connectivity index (χ2v) is 7.45. The van der Waals surface area contributed by atoms with Gasteiger partial charge in [0.2, 0.25) is 0 Å². The van der Waals surface area contributed by atoms with Crippen molar-refractivity contribution in [3.63, 3.8) is 0 Å². The van der Waals surface area contributed by atoms with Crippen LogP contribution < -0.4 is 5.32 Å². The molecule has 1 fully saturated rings. The van der Waals surface area contributed by atoms with Crippen molar-refractivity contribution in [1.29, 1.82) is 0 Å². The summed E-state index contributed by atoms with van der Waals surface area (Å²) in [5, 5.41) is 4.78. The molecule has 1 N–H and O–H groups in total. The molecule has 0 saturated carbocycles. The van der Waals surface area contributed by atoms with E-state index in [9.17, 15) is 9.59 Å². The predicted molar refractivity (Wildman–Crippen MR) is 104 cm³/mol. The van der Waals surface area contributed by atoms with Gasteiger partial charge in [0.1, 0.15) is 0 Å². The van der Waals surface area contributed by atoms with Crippen LogP contribution in [0.2, 0.25) is 0 Å². The predicted octanol–water partition coefficient (Wildman–Crippen LogP) is 2.61. The van der Waals surface area contributed by atoms with Crippen LogP contribution in [0.3, 0.4) is 0 Å². The number of morpholine rings is 1. The zero-order chi connectivity index (χ0) is 19.1. The number of hydrogen-bond acceptors (Lipinski definition) is 6. The van der Waals surface area contributed by atoms with E-state index in [1.807, 2.05) is 36.6 Å². The zero-order valence-electron chi connectivity index (χ0n) is 15.3. The van der Waals surface area contributed by atoms with Gasteiger partial charge in [-0.05, 0) is 36.1 Å². The Morgan fingerprint density at radius 2 is 1.96 bits per heavy atom. The van der Waals surface area contributed by atoms with Crippen LogP contribution in [0.5, 0.6) is 0 Å². The van der Waals surface area contributed by atoms with E-state index in [4.69, 9.17) is 9.47 Å². The van der Waals surface area contributed by atoms with Gasteiger partial charge in [0.15, 0.2) is 6.61 Å². The first-order valence-electron chi connectivity index (χ1n) is 9.01. The van der Waals surface area contributed by atoms with Crippen molar-refractivity contribution >= 4 is 23.2 Å². The standard InChI is InChI=1S/C20H24N2O4S/c1-15(18-3-2-12-27-18)21-19(23)14-26-20(24)17-6-4-16(5-7-17)13-22-8-10-25-11-9-22/h2-7,12,15H,8-11,13-14H2,1H3,(H,21,23)/t15-/m0/s1. The highest BCUT2D eigenvalue weighted by molar-refractivity contribution is 7.10. The van der Waals surface area contributed by atoms with Gasteiger partial charge in [-0.15, -0.1) is 11.3 Å².